The second-order valence-corrected chi connectivity index (χ2v) is 6.30. The first-order valence-electron chi connectivity index (χ1n) is 8.44. The first-order chi connectivity index (χ1) is 11.1. The minimum atomic E-state index is -0.243. The molecule has 1 atom stereocenters. The lowest BCUT2D eigenvalue weighted by molar-refractivity contribution is -0.123. The van der Waals surface area contributed by atoms with Crippen molar-refractivity contribution in [2.24, 2.45) is 11.7 Å². The van der Waals surface area contributed by atoms with Crippen molar-refractivity contribution >= 4 is 18.3 Å². The molecule has 0 saturated heterocycles. The third kappa shape index (κ3) is 6.21. The predicted octanol–water partition coefficient (Wildman–Crippen LogP) is 2.91. The molecule has 1 aliphatic carbocycles. The molecule has 0 aliphatic heterocycles. The lowest BCUT2D eigenvalue weighted by atomic mass is 9.95. The minimum Gasteiger partial charge on any atom is -0.494 e. The maximum atomic E-state index is 12.0. The van der Waals surface area contributed by atoms with Crippen LogP contribution in [0.1, 0.15) is 39.5 Å². The summed E-state index contributed by atoms with van der Waals surface area (Å²) in [5.74, 6) is 2.22. The van der Waals surface area contributed by atoms with Crippen molar-refractivity contribution in [1.29, 1.82) is 0 Å². The average Bonchev–Trinajstić information content (AvgIpc) is 3.38. The summed E-state index contributed by atoms with van der Waals surface area (Å²) in [6.07, 6.45) is 3.47. The van der Waals surface area contributed by atoms with Crippen LogP contribution in [0.4, 0.5) is 0 Å². The first kappa shape index (κ1) is 20.6. The van der Waals surface area contributed by atoms with Gasteiger partial charge in [-0.2, -0.15) is 0 Å². The number of halogens is 1. The van der Waals surface area contributed by atoms with E-state index in [9.17, 15) is 4.79 Å². The first-order valence-corrected chi connectivity index (χ1v) is 8.44. The lowest BCUT2D eigenvalue weighted by Crippen LogP contribution is -2.53. The highest BCUT2D eigenvalue weighted by Gasteiger charge is 2.41. The van der Waals surface area contributed by atoms with E-state index in [0.717, 1.165) is 24.3 Å². The zero-order chi connectivity index (χ0) is 16.7. The molecular weight excluding hydrogens is 328 g/mol. The van der Waals surface area contributed by atoms with Gasteiger partial charge >= 0.3 is 0 Å². The molecule has 1 fully saturated rings. The molecule has 1 aliphatic rings. The van der Waals surface area contributed by atoms with Crippen LogP contribution in [0.25, 0.3) is 0 Å². The van der Waals surface area contributed by atoms with Crippen LogP contribution < -0.4 is 20.5 Å². The van der Waals surface area contributed by atoms with Gasteiger partial charge in [-0.15, -0.1) is 12.4 Å². The molecule has 1 unspecified atom stereocenters. The Morgan fingerprint density at radius 2 is 1.83 bits per heavy atom. The van der Waals surface area contributed by atoms with E-state index in [0.29, 0.717) is 38.5 Å². The van der Waals surface area contributed by atoms with Crippen LogP contribution in [-0.2, 0) is 4.79 Å². The largest absolute Gasteiger partial charge is 0.494 e. The van der Waals surface area contributed by atoms with E-state index < -0.39 is 0 Å². The summed E-state index contributed by atoms with van der Waals surface area (Å²) in [6.45, 7) is 5.65. The van der Waals surface area contributed by atoms with Crippen LogP contribution in [-0.4, -0.2) is 31.2 Å². The fraction of sp³-hybridized carbons (Fsp3) is 0.611. The monoisotopic (exact) mass is 356 g/mol. The molecule has 6 heteroatoms. The zero-order valence-electron chi connectivity index (χ0n) is 14.5. The molecule has 3 N–H and O–H groups in total. The predicted molar refractivity (Wildman–Crippen MR) is 97.9 cm³/mol. The second-order valence-electron chi connectivity index (χ2n) is 6.30. The summed E-state index contributed by atoms with van der Waals surface area (Å²) in [7, 11) is 0. The van der Waals surface area contributed by atoms with Gasteiger partial charge in [0.25, 0.3) is 0 Å². The van der Waals surface area contributed by atoms with Gasteiger partial charge in [0.15, 0.2) is 0 Å². The Hall–Kier alpha value is -1.46. The maximum Gasteiger partial charge on any atom is 0.220 e. The number of hydrogen-bond donors (Lipinski definition) is 2. The topological polar surface area (TPSA) is 73.6 Å². The normalized spacial score (nSPS) is 15.8. The van der Waals surface area contributed by atoms with Crippen molar-refractivity contribution in [1.82, 2.24) is 5.32 Å². The molecular formula is C18H29ClN2O3. The van der Waals surface area contributed by atoms with E-state index in [4.69, 9.17) is 15.2 Å². The van der Waals surface area contributed by atoms with Crippen molar-refractivity contribution in [3.8, 4) is 11.5 Å². The Morgan fingerprint density at radius 1 is 1.25 bits per heavy atom. The van der Waals surface area contributed by atoms with E-state index in [1.165, 1.54) is 0 Å². The average molecular weight is 357 g/mol. The van der Waals surface area contributed by atoms with Crippen molar-refractivity contribution in [3.05, 3.63) is 24.3 Å². The quantitative estimate of drug-likeness (QED) is 0.632. The summed E-state index contributed by atoms with van der Waals surface area (Å²) in [5.41, 5.74) is 5.57. The molecule has 136 valence electrons. The molecule has 5 nitrogen and oxygen atoms in total. The Balaban J connectivity index is 0.00000288. The highest BCUT2D eigenvalue weighted by atomic mass is 35.5. The van der Waals surface area contributed by atoms with Crippen LogP contribution >= 0.6 is 12.4 Å². The van der Waals surface area contributed by atoms with Gasteiger partial charge in [0, 0.05) is 13.0 Å². The third-order valence-electron chi connectivity index (χ3n) is 4.28. The second kappa shape index (κ2) is 9.74. The summed E-state index contributed by atoms with van der Waals surface area (Å²) in [5, 5.41) is 3.09. The number of hydrogen-bond acceptors (Lipinski definition) is 4. The van der Waals surface area contributed by atoms with E-state index in [1.807, 2.05) is 38.1 Å². The van der Waals surface area contributed by atoms with Gasteiger partial charge in [0.2, 0.25) is 5.91 Å². The van der Waals surface area contributed by atoms with E-state index >= 15 is 0 Å². The summed E-state index contributed by atoms with van der Waals surface area (Å²) >= 11 is 0. The number of amides is 1. The number of carbonyl (C=O) groups excluding carboxylic acids is 1. The van der Waals surface area contributed by atoms with Gasteiger partial charge in [-0.05, 0) is 63.3 Å². The molecule has 0 radical (unpaired) electrons. The molecule has 2 rings (SSSR count). The molecule has 1 aromatic carbocycles. The van der Waals surface area contributed by atoms with E-state index in [1.54, 1.807) is 0 Å². The Labute approximate surface area is 150 Å². The molecule has 1 amide bonds. The minimum absolute atomic E-state index is 0. The number of carbonyl (C=O) groups is 1. The zero-order valence-corrected chi connectivity index (χ0v) is 15.4. The Morgan fingerprint density at radius 3 is 2.33 bits per heavy atom. The molecule has 1 saturated carbocycles. The number of ether oxygens (including phenoxy) is 2. The molecule has 0 aromatic heterocycles. The van der Waals surface area contributed by atoms with E-state index in [-0.39, 0.29) is 23.9 Å². The van der Waals surface area contributed by atoms with Gasteiger partial charge in [0.1, 0.15) is 11.5 Å². The molecule has 1 aromatic rings. The van der Waals surface area contributed by atoms with Crippen molar-refractivity contribution < 1.29 is 14.3 Å². The van der Waals surface area contributed by atoms with Crippen LogP contribution in [0.15, 0.2) is 24.3 Å². The van der Waals surface area contributed by atoms with Crippen molar-refractivity contribution in [2.75, 3.05) is 19.8 Å². The highest BCUT2D eigenvalue weighted by Crippen LogP contribution is 2.39. The van der Waals surface area contributed by atoms with E-state index in [2.05, 4.69) is 5.32 Å². The smallest absolute Gasteiger partial charge is 0.220 e. The standard InChI is InChI=1S/C18H28N2O3.ClH/c1-3-22-15-8-10-16(11-9-15)23-12-4-5-17(21)20-18(2,13-19)14-6-7-14;/h8-11,14H,3-7,12-13,19H2,1-2H3,(H,20,21);1H. The van der Waals surface area contributed by atoms with Gasteiger partial charge in [-0.3, -0.25) is 4.79 Å². The van der Waals surface area contributed by atoms with Gasteiger partial charge in [-0.1, -0.05) is 0 Å². The van der Waals surface area contributed by atoms with Crippen LogP contribution in [0.5, 0.6) is 11.5 Å². The molecule has 0 heterocycles. The molecule has 24 heavy (non-hydrogen) atoms. The molecule has 0 bridgehead atoms. The van der Waals surface area contributed by atoms with Gasteiger partial charge < -0.3 is 20.5 Å². The number of benzene rings is 1. The molecule has 0 spiro atoms. The number of nitrogens with one attached hydrogen (secondary N) is 1. The summed E-state index contributed by atoms with van der Waals surface area (Å²) in [4.78, 5) is 12.0. The lowest BCUT2D eigenvalue weighted by Gasteiger charge is -2.29. The van der Waals surface area contributed by atoms with Crippen LogP contribution in [0.2, 0.25) is 0 Å². The van der Waals surface area contributed by atoms with Crippen LogP contribution in [0.3, 0.4) is 0 Å². The fourth-order valence-corrected chi connectivity index (χ4v) is 2.64. The van der Waals surface area contributed by atoms with Crippen LogP contribution in [0, 0.1) is 5.92 Å². The van der Waals surface area contributed by atoms with Gasteiger partial charge in [-0.25, -0.2) is 0 Å². The number of rotatable bonds is 10. The fourth-order valence-electron chi connectivity index (χ4n) is 2.64. The van der Waals surface area contributed by atoms with Crippen molar-refractivity contribution in [2.45, 2.75) is 45.1 Å². The highest BCUT2D eigenvalue weighted by molar-refractivity contribution is 5.85. The van der Waals surface area contributed by atoms with Gasteiger partial charge in [0.05, 0.1) is 18.8 Å². The Kier molecular flexibility index (Phi) is 8.36. The Bertz CT molecular complexity index is 505. The maximum absolute atomic E-state index is 12.0. The number of nitrogens with two attached hydrogens (primary N) is 1. The summed E-state index contributed by atoms with van der Waals surface area (Å²) < 4.78 is 11.0. The SMILES string of the molecule is CCOc1ccc(OCCCC(=O)NC(C)(CN)C2CC2)cc1.Cl. The third-order valence-corrected chi connectivity index (χ3v) is 4.28. The van der Waals surface area contributed by atoms with Crippen molar-refractivity contribution in [3.63, 3.8) is 0 Å². The summed E-state index contributed by atoms with van der Waals surface area (Å²) in [6, 6.07) is 7.52.